The van der Waals surface area contributed by atoms with Gasteiger partial charge in [-0.15, -0.1) is 11.3 Å². The van der Waals surface area contributed by atoms with Crippen molar-refractivity contribution < 1.29 is 9.53 Å². The number of hydrogen-bond acceptors (Lipinski definition) is 7. The number of carbonyl (C=O) groups excluding carboxylic acids is 1. The van der Waals surface area contributed by atoms with Crippen molar-refractivity contribution in [2.75, 3.05) is 31.2 Å². The second kappa shape index (κ2) is 6.73. The van der Waals surface area contributed by atoms with Crippen LogP contribution in [-0.2, 0) is 16.0 Å². The summed E-state index contributed by atoms with van der Waals surface area (Å²) in [5.74, 6) is 0.736. The number of morpholine rings is 1. The zero-order valence-corrected chi connectivity index (χ0v) is 12.4. The van der Waals surface area contributed by atoms with Gasteiger partial charge in [-0.05, 0) is 6.42 Å². The Morgan fingerprint density at radius 2 is 2.05 bits per heavy atom. The van der Waals surface area contributed by atoms with Crippen LogP contribution < -0.4 is 4.90 Å². The van der Waals surface area contributed by atoms with Crippen LogP contribution in [0.1, 0.15) is 12.1 Å². The molecule has 1 aliphatic rings. The Labute approximate surface area is 126 Å². The minimum atomic E-state index is 0.510. The summed E-state index contributed by atoms with van der Waals surface area (Å²) in [6, 6.07) is 0. The smallest absolute Gasteiger partial charge is 0.225 e. The lowest BCUT2D eigenvalue weighted by atomic mass is 10.3. The van der Waals surface area contributed by atoms with Crippen molar-refractivity contribution in [3.63, 3.8) is 0 Å². The molecule has 1 aliphatic heterocycles. The molecular weight excluding hydrogens is 288 g/mol. The van der Waals surface area contributed by atoms with Crippen LogP contribution in [0.15, 0.2) is 17.8 Å². The van der Waals surface area contributed by atoms with Crippen LogP contribution in [0, 0.1) is 0 Å². The SMILES string of the molecule is O=CCCc1csc(-c2cnc(N3CCOCC3)nc2)n1. The van der Waals surface area contributed by atoms with Crippen LogP contribution in [0.5, 0.6) is 0 Å². The second-order valence-electron chi connectivity index (χ2n) is 4.72. The predicted molar refractivity (Wildman–Crippen MR) is 80.6 cm³/mol. The molecule has 110 valence electrons. The number of carbonyl (C=O) groups is 1. The van der Waals surface area contributed by atoms with E-state index in [4.69, 9.17) is 4.74 Å². The van der Waals surface area contributed by atoms with Gasteiger partial charge in [0.2, 0.25) is 5.95 Å². The van der Waals surface area contributed by atoms with Crippen molar-refractivity contribution in [1.29, 1.82) is 0 Å². The van der Waals surface area contributed by atoms with Gasteiger partial charge in [-0.1, -0.05) is 0 Å². The van der Waals surface area contributed by atoms with E-state index < -0.39 is 0 Å². The highest BCUT2D eigenvalue weighted by Gasteiger charge is 2.14. The lowest BCUT2D eigenvalue weighted by molar-refractivity contribution is -0.107. The number of aryl methyl sites for hydroxylation is 1. The van der Waals surface area contributed by atoms with E-state index in [-0.39, 0.29) is 0 Å². The minimum absolute atomic E-state index is 0.510. The Kier molecular flexibility index (Phi) is 4.52. The molecule has 21 heavy (non-hydrogen) atoms. The van der Waals surface area contributed by atoms with Crippen LogP contribution in [-0.4, -0.2) is 47.5 Å². The highest BCUT2D eigenvalue weighted by atomic mass is 32.1. The fourth-order valence-corrected chi connectivity index (χ4v) is 2.95. The van der Waals surface area contributed by atoms with Gasteiger partial charge in [-0.2, -0.15) is 0 Å². The summed E-state index contributed by atoms with van der Waals surface area (Å²) in [4.78, 5) is 25.8. The number of ether oxygens (including phenoxy) is 1. The summed E-state index contributed by atoms with van der Waals surface area (Å²) in [6.07, 6.45) is 5.72. The summed E-state index contributed by atoms with van der Waals surface area (Å²) in [5.41, 5.74) is 1.86. The van der Waals surface area contributed by atoms with Gasteiger partial charge in [0.1, 0.15) is 11.3 Å². The van der Waals surface area contributed by atoms with E-state index in [9.17, 15) is 4.79 Å². The minimum Gasteiger partial charge on any atom is -0.378 e. The molecule has 0 N–H and O–H groups in total. The van der Waals surface area contributed by atoms with Crippen molar-refractivity contribution in [2.45, 2.75) is 12.8 Å². The van der Waals surface area contributed by atoms with E-state index in [0.29, 0.717) is 12.8 Å². The van der Waals surface area contributed by atoms with E-state index in [1.807, 2.05) is 5.38 Å². The summed E-state index contributed by atoms with van der Waals surface area (Å²) in [5, 5.41) is 2.87. The maximum Gasteiger partial charge on any atom is 0.225 e. The fraction of sp³-hybridized carbons (Fsp3) is 0.429. The third kappa shape index (κ3) is 3.43. The monoisotopic (exact) mass is 304 g/mol. The Morgan fingerprint density at radius 1 is 1.29 bits per heavy atom. The van der Waals surface area contributed by atoms with E-state index in [2.05, 4.69) is 19.9 Å². The topological polar surface area (TPSA) is 68.2 Å². The number of hydrogen-bond donors (Lipinski definition) is 0. The van der Waals surface area contributed by atoms with Crippen molar-refractivity contribution in [1.82, 2.24) is 15.0 Å². The highest BCUT2D eigenvalue weighted by Crippen LogP contribution is 2.23. The lowest BCUT2D eigenvalue weighted by Gasteiger charge is -2.26. The number of anilines is 1. The van der Waals surface area contributed by atoms with Gasteiger partial charge in [0.25, 0.3) is 0 Å². The van der Waals surface area contributed by atoms with Gasteiger partial charge in [-0.3, -0.25) is 0 Å². The Hall–Kier alpha value is -1.86. The second-order valence-corrected chi connectivity index (χ2v) is 5.58. The van der Waals surface area contributed by atoms with Crippen molar-refractivity contribution in [3.05, 3.63) is 23.5 Å². The van der Waals surface area contributed by atoms with E-state index in [0.717, 1.165) is 54.8 Å². The van der Waals surface area contributed by atoms with Crippen molar-refractivity contribution >= 4 is 23.6 Å². The molecule has 0 atom stereocenters. The largest absolute Gasteiger partial charge is 0.378 e. The van der Waals surface area contributed by atoms with Crippen LogP contribution in [0.25, 0.3) is 10.6 Å². The first-order chi connectivity index (χ1) is 10.4. The number of thiazole rings is 1. The Balaban J connectivity index is 1.71. The van der Waals surface area contributed by atoms with E-state index in [1.165, 1.54) is 0 Å². The van der Waals surface area contributed by atoms with Crippen LogP contribution >= 0.6 is 11.3 Å². The zero-order chi connectivity index (χ0) is 14.5. The Morgan fingerprint density at radius 3 is 2.76 bits per heavy atom. The third-order valence-electron chi connectivity index (χ3n) is 3.25. The molecule has 0 aromatic carbocycles. The summed E-state index contributed by atoms with van der Waals surface area (Å²) < 4.78 is 5.32. The molecule has 0 radical (unpaired) electrons. The van der Waals surface area contributed by atoms with Crippen LogP contribution in [0.4, 0.5) is 5.95 Å². The summed E-state index contributed by atoms with van der Waals surface area (Å²) in [6.45, 7) is 3.09. The normalized spacial score (nSPS) is 15.1. The molecule has 2 aromatic heterocycles. The van der Waals surface area contributed by atoms with Gasteiger partial charge < -0.3 is 14.4 Å². The van der Waals surface area contributed by atoms with Crippen molar-refractivity contribution in [3.8, 4) is 10.6 Å². The molecule has 6 nitrogen and oxygen atoms in total. The molecule has 1 saturated heterocycles. The summed E-state index contributed by atoms with van der Waals surface area (Å²) >= 11 is 1.55. The first-order valence-corrected chi connectivity index (χ1v) is 7.78. The molecule has 0 saturated carbocycles. The quantitative estimate of drug-likeness (QED) is 0.781. The predicted octanol–water partition coefficient (Wildman–Crippen LogP) is 1.57. The van der Waals surface area contributed by atoms with Gasteiger partial charge in [0.15, 0.2) is 0 Å². The number of nitrogens with zero attached hydrogens (tertiary/aromatic N) is 4. The fourth-order valence-electron chi connectivity index (χ4n) is 2.12. The van der Waals surface area contributed by atoms with Crippen LogP contribution in [0.3, 0.4) is 0 Å². The summed E-state index contributed by atoms with van der Waals surface area (Å²) in [7, 11) is 0. The maximum absolute atomic E-state index is 10.4. The average Bonchev–Trinajstić information content (AvgIpc) is 3.03. The third-order valence-corrected chi connectivity index (χ3v) is 4.19. The molecule has 2 aromatic rings. The van der Waals surface area contributed by atoms with Gasteiger partial charge >= 0.3 is 0 Å². The maximum atomic E-state index is 10.4. The molecule has 0 amide bonds. The molecule has 7 heteroatoms. The molecule has 0 bridgehead atoms. The lowest BCUT2D eigenvalue weighted by Crippen LogP contribution is -2.37. The van der Waals surface area contributed by atoms with Gasteiger partial charge in [-0.25, -0.2) is 15.0 Å². The van der Waals surface area contributed by atoms with E-state index >= 15 is 0 Å². The molecule has 0 unspecified atom stereocenters. The number of rotatable bonds is 5. The number of aldehydes is 1. The molecular formula is C14H16N4O2S. The highest BCUT2D eigenvalue weighted by molar-refractivity contribution is 7.13. The van der Waals surface area contributed by atoms with E-state index in [1.54, 1.807) is 23.7 Å². The molecule has 0 spiro atoms. The molecule has 3 heterocycles. The first-order valence-electron chi connectivity index (χ1n) is 6.90. The van der Waals surface area contributed by atoms with Gasteiger partial charge in [0.05, 0.1) is 18.9 Å². The molecule has 3 rings (SSSR count). The first kappa shape index (κ1) is 14.1. The van der Waals surface area contributed by atoms with Gasteiger partial charge in [0, 0.05) is 42.8 Å². The molecule has 0 aliphatic carbocycles. The van der Waals surface area contributed by atoms with Crippen LogP contribution in [0.2, 0.25) is 0 Å². The number of aromatic nitrogens is 3. The Bertz CT molecular complexity index is 593. The zero-order valence-electron chi connectivity index (χ0n) is 11.6. The van der Waals surface area contributed by atoms with Crippen molar-refractivity contribution in [2.24, 2.45) is 0 Å². The average molecular weight is 304 g/mol. The molecule has 1 fully saturated rings. The standard InChI is InChI=1S/C14H16N4O2S/c19-5-1-2-12-10-21-13(17-12)11-8-15-14(16-9-11)18-3-6-20-7-4-18/h5,8-10H,1-4,6-7H2.